The van der Waals surface area contributed by atoms with Crippen LogP contribution in [-0.2, 0) is 10.0 Å². The van der Waals surface area contributed by atoms with E-state index >= 15 is 0 Å². The molecule has 0 spiro atoms. The van der Waals surface area contributed by atoms with Gasteiger partial charge in [-0.25, -0.2) is 23.4 Å². The summed E-state index contributed by atoms with van der Waals surface area (Å²) in [5.41, 5.74) is 1.76. The summed E-state index contributed by atoms with van der Waals surface area (Å²) in [6.07, 6.45) is 4.38. The Labute approximate surface area is 186 Å². The van der Waals surface area contributed by atoms with E-state index in [1.165, 1.54) is 23.9 Å². The van der Waals surface area contributed by atoms with E-state index in [4.69, 9.17) is 16.3 Å². The molecule has 4 rings (SSSR count). The second kappa shape index (κ2) is 7.91. The summed E-state index contributed by atoms with van der Waals surface area (Å²) in [6, 6.07) is 4.98. The van der Waals surface area contributed by atoms with Gasteiger partial charge in [-0.05, 0) is 32.0 Å². The number of fused-ring (bicyclic) bond motifs is 1. The Morgan fingerprint density at radius 2 is 1.94 bits per heavy atom. The Balaban J connectivity index is 1.80. The van der Waals surface area contributed by atoms with Crippen molar-refractivity contribution in [3.8, 4) is 17.0 Å². The fourth-order valence-electron chi connectivity index (χ4n) is 3.02. The number of nitrogens with one attached hydrogen (secondary N) is 1. The van der Waals surface area contributed by atoms with Gasteiger partial charge in [0, 0.05) is 23.5 Å². The second-order valence-electron chi connectivity index (χ2n) is 6.55. The van der Waals surface area contributed by atoms with Crippen LogP contribution in [-0.4, -0.2) is 34.9 Å². The van der Waals surface area contributed by atoms with Crippen LogP contribution in [0.4, 0.5) is 5.69 Å². The Hall–Kier alpha value is -3.02. The normalized spacial score (nSPS) is 11.6. The molecule has 4 heterocycles. The topological polar surface area (TPSA) is 116 Å². The van der Waals surface area contributed by atoms with E-state index in [0.29, 0.717) is 27.5 Å². The zero-order valence-electron chi connectivity index (χ0n) is 16.6. The number of hydrogen-bond donors (Lipinski definition) is 1. The standard InChI is InChI=1S/C19H16ClN5O4S2/c1-10-19(30-11(2)23-10)31(27,28)24-15-6-13(7-22-17(15)29-3)12-4-5-16-21-8-14(20)18(26)25(16)9-12/h4-9,24H,1-3H3. The molecule has 0 aliphatic rings. The van der Waals surface area contributed by atoms with Crippen molar-refractivity contribution in [2.75, 3.05) is 11.8 Å². The zero-order chi connectivity index (χ0) is 22.3. The minimum absolute atomic E-state index is 0.00817. The van der Waals surface area contributed by atoms with E-state index in [1.54, 1.807) is 38.2 Å². The molecule has 0 atom stereocenters. The van der Waals surface area contributed by atoms with Gasteiger partial charge in [-0.2, -0.15) is 0 Å². The molecule has 31 heavy (non-hydrogen) atoms. The van der Waals surface area contributed by atoms with Crippen LogP contribution in [0, 0.1) is 13.8 Å². The number of hydrogen-bond acceptors (Lipinski definition) is 8. The molecule has 0 bridgehead atoms. The molecule has 12 heteroatoms. The van der Waals surface area contributed by atoms with E-state index < -0.39 is 15.6 Å². The van der Waals surface area contributed by atoms with Crippen LogP contribution < -0.4 is 15.0 Å². The summed E-state index contributed by atoms with van der Waals surface area (Å²) in [5.74, 6) is 0.105. The van der Waals surface area contributed by atoms with Crippen molar-refractivity contribution in [1.29, 1.82) is 0 Å². The van der Waals surface area contributed by atoms with Crippen LogP contribution >= 0.6 is 22.9 Å². The number of methoxy groups -OCH3 is 1. The van der Waals surface area contributed by atoms with Crippen molar-refractivity contribution in [3.05, 3.63) is 62.9 Å². The van der Waals surface area contributed by atoms with Crippen LogP contribution in [0.5, 0.6) is 5.88 Å². The maximum Gasteiger partial charge on any atom is 0.276 e. The highest BCUT2D eigenvalue weighted by Gasteiger charge is 2.23. The second-order valence-corrected chi connectivity index (χ2v) is 10.0. The van der Waals surface area contributed by atoms with Gasteiger partial charge < -0.3 is 4.74 Å². The quantitative estimate of drug-likeness (QED) is 0.468. The molecular weight excluding hydrogens is 462 g/mol. The molecule has 0 aromatic carbocycles. The summed E-state index contributed by atoms with van der Waals surface area (Å²) in [6.45, 7) is 3.37. The third-order valence-electron chi connectivity index (χ3n) is 4.39. The van der Waals surface area contributed by atoms with Gasteiger partial charge in [0.05, 0.1) is 24.0 Å². The lowest BCUT2D eigenvalue weighted by molar-refractivity contribution is 0.400. The van der Waals surface area contributed by atoms with Crippen LogP contribution in [0.2, 0.25) is 5.02 Å². The van der Waals surface area contributed by atoms with Crippen molar-refractivity contribution < 1.29 is 13.2 Å². The summed E-state index contributed by atoms with van der Waals surface area (Å²) in [4.78, 5) is 24.8. The van der Waals surface area contributed by atoms with Gasteiger partial charge in [-0.1, -0.05) is 11.6 Å². The van der Waals surface area contributed by atoms with Gasteiger partial charge >= 0.3 is 0 Å². The molecule has 0 unspecified atom stereocenters. The van der Waals surface area contributed by atoms with Crippen molar-refractivity contribution in [3.63, 3.8) is 0 Å². The predicted molar refractivity (Wildman–Crippen MR) is 119 cm³/mol. The lowest BCUT2D eigenvalue weighted by Crippen LogP contribution is -2.15. The number of aromatic nitrogens is 4. The highest BCUT2D eigenvalue weighted by molar-refractivity contribution is 7.94. The third kappa shape index (κ3) is 3.99. The largest absolute Gasteiger partial charge is 0.480 e. The zero-order valence-corrected chi connectivity index (χ0v) is 19.0. The molecule has 0 radical (unpaired) electrons. The number of sulfonamides is 1. The van der Waals surface area contributed by atoms with Crippen molar-refractivity contribution in [2.24, 2.45) is 0 Å². The average Bonchev–Trinajstić information content (AvgIpc) is 3.09. The first-order valence-corrected chi connectivity index (χ1v) is 11.6. The number of anilines is 1. The van der Waals surface area contributed by atoms with Gasteiger partial charge in [-0.15, -0.1) is 11.3 Å². The van der Waals surface area contributed by atoms with E-state index in [0.717, 1.165) is 11.3 Å². The Bertz CT molecular complexity index is 1480. The molecule has 4 aromatic rings. The highest BCUT2D eigenvalue weighted by Crippen LogP contribution is 2.32. The van der Waals surface area contributed by atoms with Crippen LogP contribution in [0.3, 0.4) is 0 Å². The lowest BCUT2D eigenvalue weighted by atomic mass is 10.1. The maximum atomic E-state index is 12.9. The van der Waals surface area contributed by atoms with Gasteiger partial charge in [-0.3, -0.25) is 13.9 Å². The van der Waals surface area contributed by atoms with Crippen LogP contribution in [0.25, 0.3) is 16.8 Å². The van der Waals surface area contributed by atoms with Gasteiger partial charge in [0.2, 0.25) is 5.88 Å². The third-order valence-corrected chi connectivity index (χ3v) is 7.69. The summed E-state index contributed by atoms with van der Waals surface area (Å²) >= 11 is 6.97. The SMILES string of the molecule is COc1ncc(-c2ccc3ncc(Cl)c(=O)n3c2)cc1NS(=O)(=O)c1sc(C)nc1C. The Morgan fingerprint density at radius 3 is 2.61 bits per heavy atom. The van der Waals surface area contributed by atoms with Crippen molar-refractivity contribution in [2.45, 2.75) is 18.1 Å². The molecule has 9 nitrogen and oxygen atoms in total. The van der Waals surface area contributed by atoms with Gasteiger partial charge in [0.1, 0.15) is 16.4 Å². The minimum atomic E-state index is -3.90. The van der Waals surface area contributed by atoms with Crippen molar-refractivity contribution >= 4 is 44.3 Å². The molecule has 160 valence electrons. The summed E-state index contributed by atoms with van der Waals surface area (Å²) < 4.78 is 35.0. The van der Waals surface area contributed by atoms with Crippen LogP contribution in [0.15, 0.2) is 45.8 Å². The number of ether oxygens (including phenoxy) is 1. The smallest absolute Gasteiger partial charge is 0.276 e. The van der Waals surface area contributed by atoms with Crippen molar-refractivity contribution in [1.82, 2.24) is 19.4 Å². The Kier molecular flexibility index (Phi) is 5.42. The molecule has 0 aliphatic carbocycles. The highest BCUT2D eigenvalue weighted by atomic mass is 35.5. The van der Waals surface area contributed by atoms with E-state index in [2.05, 4.69) is 19.7 Å². The summed E-state index contributed by atoms with van der Waals surface area (Å²) in [7, 11) is -2.50. The Morgan fingerprint density at radius 1 is 1.16 bits per heavy atom. The molecule has 0 aliphatic heterocycles. The molecule has 0 fully saturated rings. The minimum Gasteiger partial charge on any atom is -0.480 e. The van der Waals surface area contributed by atoms with Gasteiger partial charge in [0.25, 0.3) is 15.6 Å². The number of thiazole rings is 1. The predicted octanol–water partition coefficient (Wildman–Crippen LogP) is 3.29. The molecule has 0 saturated heterocycles. The van der Waals surface area contributed by atoms with E-state index in [9.17, 15) is 13.2 Å². The molecule has 4 aromatic heterocycles. The first kappa shape index (κ1) is 21.2. The first-order valence-electron chi connectivity index (χ1n) is 8.88. The molecule has 0 amide bonds. The molecule has 0 saturated carbocycles. The molecule has 1 N–H and O–H groups in total. The van der Waals surface area contributed by atoms with Gasteiger partial charge in [0.15, 0.2) is 4.21 Å². The number of rotatable bonds is 5. The average molecular weight is 478 g/mol. The van der Waals surface area contributed by atoms with E-state index in [1.807, 2.05) is 0 Å². The fraction of sp³-hybridized carbons (Fsp3) is 0.158. The maximum absolute atomic E-state index is 12.9. The number of aryl methyl sites for hydroxylation is 2. The number of nitrogens with zero attached hydrogens (tertiary/aromatic N) is 4. The number of pyridine rings is 2. The molecular formula is C19H16ClN5O4S2. The van der Waals surface area contributed by atoms with E-state index in [-0.39, 0.29) is 20.8 Å². The lowest BCUT2D eigenvalue weighted by Gasteiger charge is -2.12. The monoisotopic (exact) mass is 477 g/mol. The first-order chi connectivity index (χ1) is 14.7. The summed E-state index contributed by atoms with van der Waals surface area (Å²) in [5, 5.41) is 0.636. The van der Waals surface area contributed by atoms with Crippen LogP contribution in [0.1, 0.15) is 10.7 Å². The number of halogens is 1. The fourth-order valence-corrected chi connectivity index (χ4v) is 5.70.